The van der Waals surface area contributed by atoms with Gasteiger partial charge in [-0.3, -0.25) is 9.78 Å². The van der Waals surface area contributed by atoms with Crippen molar-refractivity contribution in [3.05, 3.63) is 35.4 Å². The summed E-state index contributed by atoms with van der Waals surface area (Å²) in [5, 5.41) is 0. The van der Waals surface area contributed by atoms with Gasteiger partial charge in [0, 0.05) is 11.8 Å². The SMILES string of the molecule is Cc1ccc(F)c(C=CC(N)=O)n1. The largest absolute Gasteiger partial charge is 0.366 e. The molecule has 0 saturated heterocycles. The third kappa shape index (κ3) is 2.66. The van der Waals surface area contributed by atoms with Gasteiger partial charge in [-0.1, -0.05) is 0 Å². The van der Waals surface area contributed by atoms with E-state index < -0.39 is 11.7 Å². The Labute approximate surface area is 75.1 Å². The van der Waals surface area contributed by atoms with Crippen LogP contribution in [-0.4, -0.2) is 10.9 Å². The topological polar surface area (TPSA) is 56.0 Å². The molecular formula is C9H9FN2O. The first-order chi connectivity index (χ1) is 6.09. The Hall–Kier alpha value is -1.71. The highest BCUT2D eigenvalue weighted by Crippen LogP contribution is 2.06. The van der Waals surface area contributed by atoms with Crippen LogP contribution in [0.2, 0.25) is 0 Å². The van der Waals surface area contributed by atoms with Crippen LogP contribution in [0.5, 0.6) is 0 Å². The predicted octanol–water partition coefficient (Wildman–Crippen LogP) is 1.03. The second kappa shape index (κ2) is 3.80. The Morgan fingerprint density at radius 3 is 2.92 bits per heavy atom. The maximum atomic E-state index is 13.0. The molecule has 0 aromatic carbocycles. The highest BCUT2D eigenvalue weighted by atomic mass is 19.1. The average molecular weight is 180 g/mol. The molecule has 0 aliphatic carbocycles. The Balaban J connectivity index is 3.00. The minimum Gasteiger partial charge on any atom is -0.366 e. The molecule has 0 unspecified atom stereocenters. The molecule has 4 heteroatoms. The van der Waals surface area contributed by atoms with Crippen molar-refractivity contribution in [2.24, 2.45) is 5.73 Å². The number of aryl methyl sites for hydroxylation is 1. The average Bonchev–Trinajstić information content (AvgIpc) is 2.06. The Morgan fingerprint density at radius 1 is 1.62 bits per heavy atom. The molecule has 13 heavy (non-hydrogen) atoms. The highest BCUT2D eigenvalue weighted by molar-refractivity contribution is 5.89. The van der Waals surface area contributed by atoms with Gasteiger partial charge < -0.3 is 5.73 Å². The van der Waals surface area contributed by atoms with E-state index in [-0.39, 0.29) is 5.69 Å². The first-order valence-electron chi connectivity index (χ1n) is 3.70. The number of rotatable bonds is 2. The predicted molar refractivity (Wildman–Crippen MR) is 47.2 cm³/mol. The third-order valence-electron chi connectivity index (χ3n) is 1.42. The van der Waals surface area contributed by atoms with Gasteiger partial charge >= 0.3 is 0 Å². The minimum absolute atomic E-state index is 0.124. The zero-order chi connectivity index (χ0) is 9.84. The van der Waals surface area contributed by atoms with Gasteiger partial charge in [0.05, 0.1) is 5.69 Å². The van der Waals surface area contributed by atoms with Gasteiger partial charge in [-0.05, 0) is 25.1 Å². The smallest absolute Gasteiger partial charge is 0.241 e. The van der Waals surface area contributed by atoms with E-state index in [0.717, 1.165) is 6.08 Å². The summed E-state index contributed by atoms with van der Waals surface area (Å²) in [6.45, 7) is 1.74. The van der Waals surface area contributed by atoms with Crippen molar-refractivity contribution in [1.29, 1.82) is 0 Å². The van der Waals surface area contributed by atoms with E-state index in [1.165, 1.54) is 12.1 Å². The fourth-order valence-electron chi connectivity index (χ4n) is 0.838. The molecule has 1 aromatic rings. The molecule has 3 nitrogen and oxygen atoms in total. The van der Waals surface area contributed by atoms with Crippen molar-refractivity contribution in [2.75, 3.05) is 0 Å². The van der Waals surface area contributed by atoms with Gasteiger partial charge in [0.15, 0.2) is 0 Å². The zero-order valence-corrected chi connectivity index (χ0v) is 7.12. The van der Waals surface area contributed by atoms with Crippen molar-refractivity contribution in [3.8, 4) is 0 Å². The lowest BCUT2D eigenvalue weighted by Crippen LogP contribution is -2.05. The summed E-state index contributed by atoms with van der Waals surface area (Å²) in [6, 6.07) is 2.85. The second-order valence-electron chi connectivity index (χ2n) is 2.56. The zero-order valence-electron chi connectivity index (χ0n) is 7.12. The minimum atomic E-state index is -0.622. The molecule has 1 aromatic heterocycles. The molecule has 68 valence electrons. The van der Waals surface area contributed by atoms with Gasteiger partial charge in [0.1, 0.15) is 5.82 Å². The number of hydrogen-bond donors (Lipinski definition) is 1. The number of nitrogens with zero attached hydrogens (tertiary/aromatic N) is 1. The summed E-state index contributed by atoms with van der Waals surface area (Å²) in [6.07, 6.45) is 2.33. The van der Waals surface area contributed by atoms with E-state index in [4.69, 9.17) is 5.73 Å². The van der Waals surface area contributed by atoms with E-state index in [9.17, 15) is 9.18 Å². The number of halogens is 1. The lowest BCUT2D eigenvalue weighted by Gasteiger charge is -1.96. The van der Waals surface area contributed by atoms with Crippen molar-refractivity contribution in [2.45, 2.75) is 6.92 Å². The van der Waals surface area contributed by atoms with Crippen LogP contribution in [-0.2, 0) is 4.79 Å². The summed E-state index contributed by atoms with van der Waals surface area (Å²) in [4.78, 5) is 14.2. The van der Waals surface area contributed by atoms with Crippen LogP contribution >= 0.6 is 0 Å². The first-order valence-corrected chi connectivity index (χ1v) is 3.70. The molecule has 0 aliphatic heterocycles. The van der Waals surface area contributed by atoms with Gasteiger partial charge in [0.25, 0.3) is 0 Å². The quantitative estimate of drug-likeness (QED) is 0.691. The number of carbonyl (C=O) groups is 1. The Kier molecular flexibility index (Phi) is 2.74. The fraction of sp³-hybridized carbons (Fsp3) is 0.111. The monoisotopic (exact) mass is 180 g/mol. The van der Waals surface area contributed by atoms with Crippen molar-refractivity contribution >= 4 is 12.0 Å². The van der Waals surface area contributed by atoms with Crippen molar-refractivity contribution in [3.63, 3.8) is 0 Å². The Morgan fingerprint density at radius 2 is 2.31 bits per heavy atom. The molecule has 0 atom stereocenters. The summed E-state index contributed by atoms with van der Waals surface area (Å²) in [5.41, 5.74) is 5.66. The van der Waals surface area contributed by atoms with Crippen molar-refractivity contribution in [1.82, 2.24) is 4.98 Å². The normalized spacial score (nSPS) is 10.6. The maximum absolute atomic E-state index is 13.0. The van der Waals surface area contributed by atoms with Gasteiger partial charge in [-0.25, -0.2) is 4.39 Å². The molecule has 1 amide bonds. The van der Waals surface area contributed by atoms with E-state index in [1.54, 1.807) is 13.0 Å². The van der Waals surface area contributed by atoms with Gasteiger partial charge in [0.2, 0.25) is 5.91 Å². The van der Waals surface area contributed by atoms with Gasteiger partial charge in [-0.15, -0.1) is 0 Å². The molecule has 1 rings (SSSR count). The van der Waals surface area contributed by atoms with Crippen LogP contribution in [0.1, 0.15) is 11.4 Å². The number of amides is 1. The summed E-state index contributed by atoms with van der Waals surface area (Å²) in [7, 11) is 0. The van der Waals surface area contributed by atoms with Crippen LogP contribution in [0.3, 0.4) is 0 Å². The third-order valence-corrected chi connectivity index (χ3v) is 1.42. The van der Waals surface area contributed by atoms with Crippen LogP contribution in [0, 0.1) is 12.7 Å². The second-order valence-corrected chi connectivity index (χ2v) is 2.56. The molecule has 0 spiro atoms. The number of aromatic nitrogens is 1. The molecule has 0 bridgehead atoms. The molecular weight excluding hydrogens is 171 g/mol. The van der Waals surface area contributed by atoms with Gasteiger partial charge in [-0.2, -0.15) is 0 Å². The number of primary amides is 1. The Bertz CT molecular complexity index is 361. The summed E-state index contributed by atoms with van der Waals surface area (Å²) in [5.74, 6) is -1.09. The molecule has 0 saturated carbocycles. The molecule has 0 aliphatic rings. The van der Waals surface area contributed by atoms with Crippen molar-refractivity contribution < 1.29 is 9.18 Å². The van der Waals surface area contributed by atoms with E-state index in [1.807, 2.05) is 0 Å². The molecule has 0 fully saturated rings. The highest BCUT2D eigenvalue weighted by Gasteiger charge is 1.99. The van der Waals surface area contributed by atoms with Crippen LogP contribution < -0.4 is 5.73 Å². The number of pyridine rings is 1. The van der Waals surface area contributed by atoms with Crippen LogP contribution in [0.15, 0.2) is 18.2 Å². The summed E-state index contributed by atoms with van der Waals surface area (Å²) >= 11 is 0. The molecule has 0 radical (unpaired) electrons. The number of carbonyl (C=O) groups excluding carboxylic acids is 1. The lowest BCUT2D eigenvalue weighted by atomic mass is 10.3. The molecule has 1 heterocycles. The standard InChI is InChI=1S/C9H9FN2O/c1-6-2-3-7(10)8(12-6)4-5-9(11)13/h2-5H,1H3,(H2,11,13). The first kappa shape index (κ1) is 9.38. The van der Waals surface area contributed by atoms with E-state index in [2.05, 4.69) is 4.98 Å². The van der Waals surface area contributed by atoms with Crippen LogP contribution in [0.25, 0.3) is 6.08 Å². The van der Waals surface area contributed by atoms with E-state index in [0.29, 0.717) is 5.69 Å². The summed E-state index contributed by atoms with van der Waals surface area (Å²) < 4.78 is 13.0. The lowest BCUT2D eigenvalue weighted by molar-refractivity contribution is -0.113. The van der Waals surface area contributed by atoms with Crippen LogP contribution in [0.4, 0.5) is 4.39 Å². The number of hydrogen-bond acceptors (Lipinski definition) is 2. The van der Waals surface area contributed by atoms with E-state index >= 15 is 0 Å². The fourth-order valence-corrected chi connectivity index (χ4v) is 0.838. The molecule has 2 N–H and O–H groups in total. The maximum Gasteiger partial charge on any atom is 0.241 e. The number of nitrogens with two attached hydrogens (primary N) is 1.